The van der Waals surface area contributed by atoms with E-state index in [9.17, 15) is 4.79 Å². The Morgan fingerprint density at radius 1 is 0.739 bits per heavy atom. The molecule has 2 fully saturated rings. The normalized spacial score (nSPS) is 30.3. The maximum Gasteiger partial charge on any atom is 0.228 e. The van der Waals surface area contributed by atoms with Gasteiger partial charge < -0.3 is 5.32 Å². The largest absolute Gasteiger partial charge is 0.348 e. The molecule has 2 aromatic rings. The molecule has 4 atom stereocenters. The molecule has 0 bridgehead atoms. The zero-order valence-corrected chi connectivity index (χ0v) is 13.3. The highest BCUT2D eigenvalue weighted by atomic mass is 16.2. The fraction of sp³-hybridized carbons (Fsp3) is 0.381. The van der Waals surface area contributed by atoms with Crippen LogP contribution in [0.3, 0.4) is 0 Å². The van der Waals surface area contributed by atoms with E-state index in [4.69, 9.17) is 0 Å². The Hall–Kier alpha value is -2.09. The van der Waals surface area contributed by atoms with Crippen LogP contribution >= 0.6 is 0 Å². The van der Waals surface area contributed by atoms with Crippen LogP contribution in [-0.4, -0.2) is 5.91 Å². The number of benzene rings is 2. The van der Waals surface area contributed by atoms with Gasteiger partial charge in [-0.05, 0) is 35.8 Å². The van der Waals surface area contributed by atoms with Crippen LogP contribution in [0, 0.1) is 11.8 Å². The average Bonchev–Trinajstić information content (AvgIpc) is 2.62. The summed E-state index contributed by atoms with van der Waals surface area (Å²) >= 11 is 0. The molecule has 2 nitrogen and oxygen atoms in total. The van der Waals surface area contributed by atoms with Gasteiger partial charge in [-0.15, -0.1) is 0 Å². The van der Waals surface area contributed by atoms with Gasteiger partial charge in [-0.25, -0.2) is 0 Å². The summed E-state index contributed by atoms with van der Waals surface area (Å²) < 4.78 is 0. The van der Waals surface area contributed by atoms with Gasteiger partial charge in [-0.1, -0.05) is 73.5 Å². The minimum Gasteiger partial charge on any atom is -0.348 e. The number of amides is 1. The van der Waals surface area contributed by atoms with Gasteiger partial charge >= 0.3 is 0 Å². The van der Waals surface area contributed by atoms with E-state index in [0.29, 0.717) is 11.8 Å². The van der Waals surface area contributed by atoms with Crippen LogP contribution in [0.1, 0.15) is 48.8 Å². The quantitative estimate of drug-likeness (QED) is 0.872. The predicted octanol–water partition coefficient (Wildman–Crippen LogP) is 4.45. The zero-order valence-electron chi connectivity index (χ0n) is 13.3. The van der Waals surface area contributed by atoms with Gasteiger partial charge in [0.25, 0.3) is 0 Å². The van der Waals surface area contributed by atoms with E-state index in [1.165, 1.54) is 36.8 Å². The molecule has 1 N–H and O–H groups in total. The van der Waals surface area contributed by atoms with Crippen molar-refractivity contribution in [3.05, 3.63) is 71.8 Å². The van der Waals surface area contributed by atoms with Crippen LogP contribution in [0.25, 0.3) is 0 Å². The SMILES string of the molecule is O=C1NC(c2ccccc2)C2CCCCC2C1c1ccccc1. The number of hydrogen-bond donors (Lipinski definition) is 1. The Kier molecular flexibility index (Phi) is 3.90. The summed E-state index contributed by atoms with van der Waals surface area (Å²) in [5.74, 6) is 1.23. The third-order valence-electron chi connectivity index (χ3n) is 5.63. The highest BCUT2D eigenvalue weighted by molar-refractivity contribution is 5.85. The molecule has 2 aliphatic rings. The van der Waals surface area contributed by atoms with E-state index >= 15 is 0 Å². The van der Waals surface area contributed by atoms with E-state index in [1.807, 2.05) is 24.3 Å². The van der Waals surface area contributed by atoms with Crippen molar-refractivity contribution in [2.24, 2.45) is 11.8 Å². The lowest BCUT2D eigenvalue weighted by molar-refractivity contribution is -0.129. The number of hydrogen-bond acceptors (Lipinski definition) is 1. The van der Waals surface area contributed by atoms with Crippen molar-refractivity contribution in [2.75, 3.05) is 0 Å². The first kappa shape index (κ1) is 14.5. The number of piperidine rings is 1. The zero-order chi connectivity index (χ0) is 15.6. The first-order chi connectivity index (χ1) is 11.3. The van der Waals surface area contributed by atoms with Crippen LogP contribution in [0.4, 0.5) is 0 Å². The smallest absolute Gasteiger partial charge is 0.228 e. The highest BCUT2D eigenvalue weighted by Crippen LogP contribution is 2.48. The van der Waals surface area contributed by atoms with Crippen molar-refractivity contribution in [3.8, 4) is 0 Å². The van der Waals surface area contributed by atoms with Gasteiger partial charge in [0.1, 0.15) is 0 Å². The van der Waals surface area contributed by atoms with E-state index in [1.54, 1.807) is 0 Å². The second-order valence-electron chi connectivity index (χ2n) is 6.90. The molecule has 1 heterocycles. The van der Waals surface area contributed by atoms with Crippen LogP contribution in [0.2, 0.25) is 0 Å². The monoisotopic (exact) mass is 305 g/mol. The fourth-order valence-corrected chi connectivity index (χ4v) is 4.61. The minimum atomic E-state index is 0.0152. The molecule has 0 spiro atoms. The van der Waals surface area contributed by atoms with E-state index < -0.39 is 0 Å². The second-order valence-corrected chi connectivity index (χ2v) is 6.90. The Labute approximate surface area is 137 Å². The summed E-state index contributed by atoms with van der Waals surface area (Å²) in [6, 6.07) is 21.0. The number of fused-ring (bicyclic) bond motifs is 1. The molecule has 1 aliphatic carbocycles. The van der Waals surface area contributed by atoms with Crippen LogP contribution in [0.15, 0.2) is 60.7 Å². The summed E-state index contributed by atoms with van der Waals surface area (Å²) in [5, 5.41) is 3.34. The van der Waals surface area contributed by atoms with E-state index in [2.05, 4.69) is 41.7 Å². The maximum atomic E-state index is 12.9. The molecule has 0 radical (unpaired) electrons. The minimum absolute atomic E-state index is 0.0152. The fourth-order valence-electron chi connectivity index (χ4n) is 4.61. The molecule has 1 saturated heterocycles. The van der Waals surface area contributed by atoms with Crippen LogP contribution in [-0.2, 0) is 4.79 Å². The lowest BCUT2D eigenvalue weighted by atomic mass is 9.64. The molecule has 4 rings (SSSR count). The molecule has 2 heteroatoms. The standard InChI is InChI=1S/C21H23NO/c23-21-19(15-9-3-1-4-10-15)17-13-7-8-14-18(17)20(22-21)16-11-5-2-6-12-16/h1-6,9-12,17-20H,7-8,13-14H2,(H,22,23). The molecule has 118 valence electrons. The highest BCUT2D eigenvalue weighted by Gasteiger charge is 2.45. The molecule has 4 unspecified atom stereocenters. The van der Waals surface area contributed by atoms with Crippen molar-refractivity contribution in [2.45, 2.75) is 37.6 Å². The summed E-state index contributed by atoms with van der Waals surface area (Å²) in [7, 11) is 0. The van der Waals surface area contributed by atoms with E-state index in [0.717, 1.165) is 0 Å². The summed E-state index contributed by atoms with van der Waals surface area (Å²) in [6.07, 6.45) is 4.91. The topological polar surface area (TPSA) is 29.1 Å². The molecular weight excluding hydrogens is 282 g/mol. The summed E-state index contributed by atoms with van der Waals surface area (Å²) in [4.78, 5) is 12.9. The van der Waals surface area contributed by atoms with Gasteiger partial charge in [0.15, 0.2) is 0 Å². The van der Waals surface area contributed by atoms with Gasteiger partial charge in [0.05, 0.1) is 12.0 Å². The average molecular weight is 305 g/mol. The Morgan fingerprint density at radius 2 is 1.30 bits per heavy atom. The Bertz CT molecular complexity index is 667. The first-order valence-electron chi connectivity index (χ1n) is 8.75. The second kappa shape index (κ2) is 6.19. The lowest BCUT2D eigenvalue weighted by Gasteiger charge is -2.46. The Morgan fingerprint density at radius 3 is 1.96 bits per heavy atom. The molecular formula is C21H23NO. The summed E-state index contributed by atoms with van der Waals surface area (Å²) in [5.41, 5.74) is 2.43. The number of nitrogens with one attached hydrogen (secondary N) is 1. The molecule has 1 saturated carbocycles. The third-order valence-corrected chi connectivity index (χ3v) is 5.63. The van der Waals surface area contributed by atoms with Gasteiger partial charge in [-0.3, -0.25) is 4.79 Å². The third kappa shape index (κ3) is 2.67. The van der Waals surface area contributed by atoms with Crippen LogP contribution in [0.5, 0.6) is 0 Å². The lowest BCUT2D eigenvalue weighted by Crippen LogP contribution is -2.49. The molecule has 1 amide bonds. The first-order valence-corrected chi connectivity index (χ1v) is 8.75. The van der Waals surface area contributed by atoms with Crippen molar-refractivity contribution in [3.63, 3.8) is 0 Å². The predicted molar refractivity (Wildman–Crippen MR) is 92.0 cm³/mol. The Balaban J connectivity index is 1.70. The molecule has 0 aromatic heterocycles. The molecule has 23 heavy (non-hydrogen) atoms. The molecule has 2 aromatic carbocycles. The van der Waals surface area contributed by atoms with Crippen molar-refractivity contribution in [1.82, 2.24) is 5.32 Å². The van der Waals surface area contributed by atoms with Gasteiger partial charge in [0, 0.05) is 0 Å². The van der Waals surface area contributed by atoms with Gasteiger partial charge in [0.2, 0.25) is 5.91 Å². The summed E-state index contributed by atoms with van der Waals surface area (Å²) in [6.45, 7) is 0. The van der Waals surface area contributed by atoms with Crippen LogP contribution < -0.4 is 5.32 Å². The van der Waals surface area contributed by atoms with Crippen molar-refractivity contribution >= 4 is 5.91 Å². The van der Waals surface area contributed by atoms with E-state index in [-0.39, 0.29) is 17.9 Å². The molecule has 1 aliphatic heterocycles. The number of rotatable bonds is 2. The van der Waals surface area contributed by atoms with Crippen molar-refractivity contribution in [1.29, 1.82) is 0 Å². The van der Waals surface area contributed by atoms with Gasteiger partial charge in [-0.2, -0.15) is 0 Å². The maximum absolute atomic E-state index is 12.9. The number of carbonyl (C=O) groups excluding carboxylic acids is 1. The number of carbonyl (C=O) groups is 1. The van der Waals surface area contributed by atoms with Crippen molar-refractivity contribution < 1.29 is 4.79 Å².